The van der Waals surface area contributed by atoms with Gasteiger partial charge in [0.2, 0.25) is 0 Å². The van der Waals surface area contributed by atoms with Crippen LogP contribution in [0, 0.1) is 0 Å². The highest BCUT2D eigenvalue weighted by Crippen LogP contribution is 2.37. The van der Waals surface area contributed by atoms with Crippen molar-refractivity contribution in [2.24, 2.45) is 0 Å². The molecule has 4 nitrogen and oxygen atoms in total. The summed E-state index contributed by atoms with van der Waals surface area (Å²) in [5.41, 5.74) is -0.521. The number of piperidine rings is 1. The van der Waals surface area contributed by atoms with Crippen LogP contribution >= 0.6 is 0 Å². The van der Waals surface area contributed by atoms with Gasteiger partial charge in [0.25, 0.3) is 0 Å². The largest absolute Gasteiger partial charge is 0.396 e. The third-order valence-corrected chi connectivity index (χ3v) is 3.97. The van der Waals surface area contributed by atoms with Crippen LogP contribution in [0.15, 0.2) is 0 Å². The molecule has 1 aliphatic rings. The Balaban J connectivity index is 2.75. The van der Waals surface area contributed by atoms with Crippen LogP contribution in [0.25, 0.3) is 0 Å². The number of nitrogens with zero attached hydrogens (tertiary/aromatic N) is 1. The SMILES string of the molecule is CC(C)(CCO)NC1CC(C)(C)N(O)C(C)(C)C1. The van der Waals surface area contributed by atoms with Crippen molar-refractivity contribution < 1.29 is 10.3 Å². The summed E-state index contributed by atoms with van der Waals surface area (Å²) in [5.74, 6) is 0. The van der Waals surface area contributed by atoms with Crippen molar-refractivity contribution in [2.45, 2.75) is 83.5 Å². The number of hydrogen-bond donors (Lipinski definition) is 3. The van der Waals surface area contributed by atoms with E-state index >= 15 is 0 Å². The van der Waals surface area contributed by atoms with Crippen molar-refractivity contribution in [2.75, 3.05) is 6.61 Å². The Bertz CT molecular complexity index is 270. The zero-order valence-electron chi connectivity index (χ0n) is 12.7. The summed E-state index contributed by atoms with van der Waals surface area (Å²) in [6.45, 7) is 12.7. The highest BCUT2D eigenvalue weighted by atomic mass is 16.5. The summed E-state index contributed by atoms with van der Waals surface area (Å²) in [4.78, 5) is 0. The van der Waals surface area contributed by atoms with Crippen molar-refractivity contribution in [1.29, 1.82) is 0 Å². The van der Waals surface area contributed by atoms with Crippen LogP contribution in [0.2, 0.25) is 0 Å². The molecule has 0 unspecified atom stereocenters. The molecule has 0 atom stereocenters. The molecule has 0 saturated carbocycles. The van der Waals surface area contributed by atoms with E-state index in [1.54, 1.807) is 0 Å². The summed E-state index contributed by atoms with van der Waals surface area (Å²) >= 11 is 0. The Kier molecular flexibility index (Phi) is 4.49. The Labute approximate surface area is 111 Å². The predicted molar refractivity (Wildman–Crippen MR) is 73.7 cm³/mol. The highest BCUT2D eigenvalue weighted by Gasteiger charge is 2.45. The Morgan fingerprint density at radius 1 is 1.17 bits per heavy atom. The van der Waals surface area contributed by atoms with Gasteiger partial charge in [-0.3, -0.25) is 0 Å². The molecule has 0 spiro atoms. The third kappa shape index (κ3) is 3.67. The Morgan fingerprint density at radius 2 is 1.61 bits per heavy atom. The highest BCUT2D eigenvalue weighted by molar-refractivity contribution is 5.00. The molecule has 1 fully saturated rings. The minimum absolute atomic E-state index is 0.0663. The maximum atomic E-state index is 10.2. The lowest BCUT2D eigenvalue weighted by atomic mass is 9.78. The fourth-order valence-corrected chi connectivity index (χ4v) is 3.28. The van der Waals surface area contributed by atoms with E-state index in [1.165, 1.54) is 5.06 Å². The van der Waals surface area contributed by atoms with Gasteiger partial charge in [-0.15, -0.1) is 0 Å². The number of nitrogens with one attached hydrogen (secondary N) is 1. The van der Waals surface area contributed by atoms with Crippen LogP contribution in [-0.2, 0) is 0 Å². The van der Waals surface area contributed by atoms with Gasteiger partial charge in [-0.2, -0.15) is 5.06 Å². The van der Waals surface area contributed by atoms with Gasteiger partial charge in [-0.1, -0.05) is 0 Å². The molecule has 0 radical (unpaired) electrons. The second-order valence-corrected chi connectivity index (χ2v) is 7.54. The number of hydrogen-bond acceptors (Lipinski definition) is 4. The topological polar surface area (TPSA) is 55.7 Å². The summed E-state index contributed by atoms with van der Waals surface area (Å²) in [6, 6.07) is 0.361. The van der Waals surface area contributed by atoms with E-state index in [2.05, 4.69) is 46.9 Å². The first-order valence-electron chi connectivity index (χ1n) is 6.88. The first kappa shape index (κ1) is 15.9. The zero-order valence-corrected chi connectivity index (χ0v) is 12.7. The fourth-order valence-electron chi connectivity index (χ4n) is 3.28. The van der Waals surface area contributed by atoms with E-state index in [4.69, 9.17) is 5.11 Å². The number of aliphatic hydroxyl groups is 1. The maximum absolute atomic E-state index is 10.2. The van der Waals surface area contributed by atoms with E-state index in [0.717, 1.165) is 19.3 Å². The van der Waals surface area contributed by atoms with Gasteiger partial charge in [0, 0.05) is 29.3 Å². The number of hydroxylamine groups is 2. The van der Waals surface area contributed by atoms with E-state index in [1.807, 2.05) is 0 Å². The molecule has 108 valence electrons. The minimum Gasteiger partial charge on any atom is -0.396 e. The van der Waals surface area contributed by atoms with Crippen molar-refractivity contribution in [3.05, 3.63) is 0 Å². The van der Waals surface area contributed by atoms with E-state index in [9.17, 15) is 5.21 Å². The molecule has 0 bridgehead atoms. The van der Waals surface area contributed by atoms with E-state index < -0.39 is 0 Å². The first-order chi connectivity index (χ1) is 8.00. The second kappa shape index (κ2) is 5.08. The van der Waals surface area contributed by atoms with Gasteiger partial charge in [-0.05, 0) is 60.8 Å². The van der Waals surface area contributed by atoms with Gasteiger partial charge in [0.15, 0.2) is 0 Å². The third-order valence-electron chi connectivity index (χ3n) is 3.97. The van der Waals surface area contributed by atoms with Crippen LogP contribution in [-0.4, -0.2) is 44.6 Å². The van der Waals surface area contributed by atoms with Crippen molar-refractivity contribution in [3.8, 4) is 0 Å². The normalized spacial score (nSPS) is 25.3. The monoisotopic (exact) mass is 258 g/mol. The van der Waals surface area contributed by atoms with Gasteiger partial charge in [0.05, 0.1) is 0 Å². The summed E-state index contributed by atoms with van der Waals surface area (Å²) < 4.78 is 0. The lowest BCUT2D eigenvalue weighted by Gasteiger charge is -2.52. The van der Waals surface area contributed by atoms with E-state index in [-0.39, 0.29) is 23.2 Å². The predicted octanol–water partition coefficient (Wildman–Crippen LogP) is 2.15. The molecule has 0 aromatic heterocycles. The van der Waals surface area contributed by atoms with Crippen LogP contribution in [0.4, 0.5) is 0 Å². The van der Waals surface area contributed by atoms with Crippen molar-refractivity contribution in [3.63, 3.8) is 0 Å². The number of rotatable bonds is 4. The van der Waals surface area contributed by atoms with Crippen LogP contribution in [0.3, 0.4) is 0 Å². The molecule has 18 heavy (non-hydrogen) atoms. The van der Waals surface area contributed by atoms with Gasteiger partial charge in [-0.25, -0.2) is 0 Å². The second-order valence-electron chi connectivity index (χ2n) is 7.54. The van der Waals surface area contributed by atoms with Crippen LogP contribution in [0.5, 0.6) is 0 Å². The number of aliphatic hydroxyl groups excluding tert-OH is 1. The van der Waals surface area contributed by atoms with Crippen LogP contribution in [0.1, 0.15) is 60.8 Å². The summed E-state index contributed by atoms with van der Waals surface area (Å²) in [7, 11) is 0. The van der Waals surface area contributed by atoms with Crippen molar-refractivity contribution >= 4 is 0 Å². The zero-order chi connectivity index (χ0) is 14.2. The Morgan fingerprint density at radius 3 is 2.00 bits per heavy atom. The molecule has 4 heteroatoms. The Hall–Kier alpha value is -0.160. The lowest BCUT2D eigenvalue weighted by Crippen LogP contribution is -2.64. The molecular formula is C14H30N2O2. The average Bonchev–Trinajstić information content (AvgIpc) is 2.11. The summed E-state index contributed by atoms with van der Waals surface area (Å²) in [6.07, 6.45) is 2.55. The van der Waals surface area contributed by atoms with E-state index in [0.29, 0.717) is 6.04 Å². The van der Waals surface area contributed by atoms with Crippen LogP contribution < -0.4 is 5.32 Å². The molecule has 1 heterocycles. The molecule has 0 amide bonds. The molecule has 0 aromatic carbocycles. The first-order valence-corrected chi connectivity index (χ1v) is 6.88. The molecular weight excluding hydrogens is 228 g/mol. The molecule has 3 N–H and O–H groups in total. The van der Waals surface area contributed by atoms with Gasteiger partial charge < -0.3 is 15.6 Å². The molecule has 1 aliphatic heterocycles. The van der Waals surface area contributed by atoms with Crippen molar-refractivity contribution in [1.82, 2.24) is 10.4 Å². The molecule has 1 rings (SSSR count). The summed E-state index contributed by atoms with van der Waals surface area (Å²) in [5, 5.41) is 24.5. The van der Waals surface area contributed by atoms with Gasteiger partial charge in [0.1, 0.15) is 0 Å². The molecule has 0 aliphatic carbocycles. The molecule has 1 saturated heterocycles. The minimum atomic E-state index is -0.227. The molecule has 0 aromatic rings. The lowest BCUT2D eigenvalue weighted by molar-refractivity contribution is -0.247. The fraction of sp³-hybridized carbons (Fsp3) is 1.00. The smallest absolute Gasteiger partial charge is 0.0448 e. The standard InChI is InChI=1S/C14H30N2O2/c1-12(2,7-8-17)15-11-9-13(3,4)16(18)14(5,6)10-11/h11,15,17-18H,7-10H2,1-6H3. The van der Waals surface area contributed by atoms with Gasteiger partial charge >= 0.3 is 0 Å². The quantitative estimate of drug-likeness (QED) is 0.723. The maximum Gasteiger partial charge on any atom is 0.0448 e. The average molecular weight is 258 g/mol.